The Morgan fingerprint density at radius 2 is 1.90 bits per heavy atom. The van der Waals surface area contributed by atoms with Crippen molar-refractivity contribution in [1.82, 2.24) is 10.2 Å². The molecule has 2 heterocycles. The van der Waals surface area contributed by atoms with Crippen LogP contribution in [0.1, 0.15) is 37.3 Å². The van der Waals surface area contributed by atoms with Gasteiger partial charge in [0.25, 0.3) is 0 Å². The molecule has 110 valence electrons. The summed E-state index contributed by atoms with van der Waals surface area (Å²) in [5, 5.41) is 3.45. The summed E-state index contributed by atoms with van der Waals surface area (Å²) in [4.78, 5) is 5.20. The lowest BCUT2D eigenvalue weighted by Crippen LogP contribution is -2.36. The molecule has 0 radical (unpaired) electrons. The van der Waals surface area contributed by atoms with E-state index in [1.54, 1.807) is 0 Å². The first-order chi connectivity index (χ1) is 9.88. The number of nitrogens with zero attached hydrogens (tertiary/aromatic N) is 2. The number of hydrogen-bond donors (Lipinski definition) is 1. The number of likely N-dealkylation sites (tertiary alicyclic amines) is 1. The summed E-state index contributed by atoms with van der Waals surface area (Å²) >= 11 is 0. The average Bonchev–Trinajstić information content (AvgIpc) is 3.01. The highest BCUT2D eigenvalue weighted by molar-refractivity contribution is 5.56. The first-order valence-electron chi connectivity index (χ1n) is 8.12. The van der Waals surface area contributed by atoms with Gasteiger partial charge in [0.2, 0.25) is 0 Å². The van der Waals surface area contributed by atoms with Crippen LogP contribution in [0.25, 0.3) is 0 Å². The minimum atomic E-state index is 0.529. The van der Waals surface area contributed by atoms with Crippen LogP contribution in [0.2, 0.25) is 0 Å². The Balaban J connectivity index is 1.59. The first kappa shape index (κ1) is 13.9. The predicted molar refractivity (Wildman–Crippen MR) is 85.4 cm³/mol. The number of nitrogens with one attached hydrogen (secondary N) is 1. The maximum Gasteiger partial charge on any atom is 0.0414 e. The molecular formula is C17H27N3. The number of anilines is 1. The summed E-state index contributed by atoms with van der Waals surface area (Å²) < 4.78 is 0. The second-order valence-electron chi connectivity index (χ2n) is 6.08. The third-order valence-electron chi connectivity index (χ3n) is 4.79. The monoisotopic (exact) mass is 273 g/mol. The minimum Gasteiger partial charge on any atom is -0.371 e. The molecule has 2 aliphatic heterocycles. The molecule has 1 aromatic rings. The van der Waals surface area contributed by atoms with Crippen molar-refractivity contribution in [3.05, 3.63) is 29.8 Å². The maximum absolute atomic E-state index is 3.45. The smallest absolute Gasteiger partial charge is 0.0414 e. The minimum absolute atomic E-state index is 0.529. The van der Waals surface area contributed by atoms with E-state index in [1.165, 1.54) is 69.7 Å². The van der Waals surface area contributed by atoms with Crippen LogP contribution in [0.3, 0.4) is 0 Å². The quantitative estimate of drug-likeness (QED) is 0.890. The third-order valence-corrected chi connectivity index (χ3v) is 4.79. The first-order valence-corrected chi connectivity index (χ1v) is 8.12. The fraction of sp³-hybridized carbons (Fsp3) is 0.647. The highest BCUT2D eigenvalue weighted by Crippen LogP contribution is 2.33. The maximum atomic E-state index is 3.45. The van der Waals surface area contributed by atoms with Gasteiger partial charge in [-0.25, -0.2) is 0 Å². The molecule has 2 aliphatic rings. The Labute approximate surface area is 123 Å². The molecule has 0 bridgehead atoms. The molecule has 1 saturated heterocycles. The Morgan fingerprint density at radius 3 is 2.70 bits per heavy atom. The molecule has 0 saturated carbocycles. The molecule has 0 aromatic heterocycles. The van der Waals surface area contributed by atoms with Crippen molar-refractivity contribution in [3.63, 3.8) is 0 Å². The number of para-hydroxylation sites is 1. The van der Waals surface area contributed by atoms with Gasteiger partial charge in [-0.05, 0) is 64.0 Å². The van der Waals surface area contributed by atoms with Gasteiger partial charge < -0.3 is 15.1 Å². The zero-order chi connectivity index (χ0) is 13.8. The van der Waals surface area contributed by atoms with Crippen LogP contribution in [0, 0.1) is 0 Å². The molecule has 1 unspecified atom stereocenters. The Kier molecular flexibility index (Phi) is 4.58. The van der Waals surface area contributed by atoms with E-state index >= 15 is 0 Å². The lowest BCUT2D eigenvalue weighted by Gasteiger charge is -2.36. The van der Waals surface area contributed by atoms with Crippen LogP contribution in [0.15, 0.2) is 24.3 Å². The summed E-state index contributed by atoms with van der Waals surface area (Å²) in [5.74, 6) is 0. The van der Waals surface area contributed by atoms with E-state index in [0.717, 1.165) is 0 Å². The molecule has 20 heavy (non-hydrogen) atoms. The van der Waals surface area contributed by atoms with Crippen molar-refractivity contribution in [3.8, 4) is 0 Å². The van der Waals surface area contributed by atoms with Gasteiger partial charge in [0, 0.05) is 24.8 Å². The van der Waals surface area contributed by atoms with Crippen LogP contribution in [-0.2, 0) is 0 Å². The fourth-order valence-corrected chi connectivity index (χ4v) is 3.65. The van der Waals surface area contributed by atoms with Gasteiger partial charge in [0.1, 0.15) is 0 Å². The van der Waals surface area contributed by atoms with E-state index in [0.29, 0.717) is 6.04 Å². The number of rotatable bonds is 5. The highest BCUT2D eigenvalue weighted by atomic mass is 15.2. The van der Waals surface area contributed by atoms with Gasteiger partial charge in [0.05, 0.1) is 0 Å². The predicted octanol–water partition coefficient (Wildman–Crippen LogP) is 2.64. The van der Waals surface area contributed by atoms with Gasteiger partial charge in [-0.2, -0.15) is 0 Å². The van der Waals surface area contributed by atoms with Gasteiger partial charge in [-0.15, -0.1) is 0 Å². The van der Waals surface area contributed by atoms with E-state index in [2.05, 4.69) is 46.4 Å². The highest BCUT2D eigenvalue weighted by Gasteiger charge is 2.23. The molecule has 1 aromatic carbocycles. The number of fused-ring (bicyclic) bond motifs is 1. The van der Waals surface area contributed by atoms with Crippen molar-refractivity contribution < 1.29 is 0 Å². The molecule has 1 N–H and O–H groups in total. The molecule has 3 nitrogen and oxygen atoms in total. The van der Waals surface area contributed by atoms with Crippen LogP contribution in [-0.4, -0.2) is 44.7 Å². The van der Waals surface area contributed by atoms with Crippen LogP contribution < -0.4 is 10.2 Å². The van der Waals surface area contributed by atoms with E-state index in [1.807, 2.05) is 0 Å². The largest absolute Gasteiger partial charge is 0.371 e. The van der Waals surface area contributed by atoms with Crippen molar-refractivity contribution >= 4 is 5.69 Å². The second-order valence-corrected chi connectivity index (χ2v) is 6.08. The summed E-state index contributed by atoms with van der Waals surface area (Å²) in [6.45, 7) is 6.29. The number of benzene rings is 1. The standard InChI is InChI=1S/C17H27N3/c1-18-16-9-14-20(17-8-3-2-7-15(16)17)13-6-12-19-10-4-5-11-19/h2-3,7-8,16,18H,4-6,9-14H2,1H3. The molecule has 3 rings (SSSR count). The molecule has 3 heteroatoms. The second kappa shape index (κ2) is 6.59. The van der Waals surface area contributed by atoms with Crippen molar-refractivity contribution in [1.29, 1.82) is 0 Å². The molecule has 1 fully saturated rings. The summed E-state index contributed by atoms with van der Waals surface area (Å²) in [7, 11) is 2.07. The lowest BCUT2D eigenvalue weighted by atomic mass is 9.96. The third kappa shape index (κ3) is 2.99. The lowest BCUT2D eigenvalue weighted by molar-refractivity contribution is 0.333. The average molecular weight is 273 g/mol. The molecular weight excluding hydrogens is 246 g/mol. The van der Waals surface area contributed by atoms with E-state index < -0.39 is 0 Å². The Bertz CT molecular complexity index is 426. The van der Waals surface area contributed by atoms with Crippen LogP contribution in [0.5, 0.6) is 0 Å². The topological polar surface area (TPSA) is 18.5 Å². The Hall–Kier alpha value is -1.06. The normalized spacial score (nSPS) is 23.1. The molecule has 0 spiro atoms. The van der Waals surface area contributed by atoms with Crippen LogP contribution in [0.4, 0.5) is 5.69 Å². The summed E-state index contributed by atoms with van der Waals surface area (Å²) in [6.07, 6.45) is 5.31. The van der Waals surface area contributed by atoms with Crippen molar-refractivity contribution in [2.75, 3.05) is 44.7 Å². The molecule has 0 amide bonds. The SMILES string of the molecule is CNC1CCN(CCCN2CCCC2)c2ccccc21. The Morgan fingerprint density at radius 1 is 1.10 bits per heavy atom. The van der Waals surface area contributed by atoms with Gasteiger partial charge in [-0.1, -0.05) is 18.2 Å². The van der Waals surface area contributed by atoms with Gasteiger partial charge in [-0.3, -0.25) is 0 Å². The van der Waals surface area contributed by atoms with Gasteiger partial charge in [0.15, 0.2) is 0 Å². The fourth-order valence-electron chi connectivity index (χ4n) is 3.65. The molecule has 0 aliphatic carbocycles. The molecule has 1 atom stereocenters. The van der Waals surface area contributed by atoms with E-state index in [9.17, 15) is 0 Å². The van der Waals surface area contributed by atoms with E-state index in [-0.39, 0.29) is 0 Å². The zero-order valence-electron chi connectivity index (χ0n) is 12.6. The van der Waals surface area contributed by atoms with Gasteiger partial charge >= 0.3 is 0 Å². The van der Waals surface area contributed by atoms with E-state index in [4.69, 9.17) is 0 Å². The van der Waals surface area contributed by atoms with Crippen molar-refractivity contribution in [2.24, 2.45) is 0 Å². The zero-order valence-corrected chi connectivity index (χ0v) is 12.6. The van der Waals surface area contributed by atoms with Crippen LogP contribution >= 0.6 is 0 Å². The summed E-state index contributed by atoms with van der Waals surface area (Å²) in [6, 6.07) is 9.43. The summed E-state index contributed by atoms with van der Waals surface area (Å²) in [5.41, 5.74) is 2.92. The number of hydrogen-bond acceptors (Lipinski definition) is 3. The van der Waals surface area contributed by atoms with Crippen molar-refractivity contribution in [2.45, 2.75) is 31.7 Å².